The quantitative estimate of drug-likeness (QED) is 0.736. The van der Waals surface area contributed by atoms with Crippen molar-refractivity contribution in [1.29, 1.82) is 0 Å². The molecule has 0 bridgehead atoms. The normalized spacial score (nSPS) is 11.1. The third-order valence-electron chi connectivity index (χ3n) is 2.29. The minimum Gasteiger partial charge on any atom is -0.491 e. The van der Waals surface area contributed by atoms with E-state index in [0.717, 1.165) is 18.8 Å². The van der Waals surface area contributed by atoms with E-state index in [1.165, 1.54) is 5.56 Å². The van der Waals surface area contributed by atoms with Gasteiger partial charge in [-0.2, -0.15) is 0 Å². The zero-order valence-electron chi connectivity index (χ0n) is 10.2. The van der Waals surface area contributed by atoms with Gasteiger partial charge in [-0.3, -0.25) is 0 Å². The minimum atomic E-state index is 0.245. The molecule has 0 atom stereocenters. The summed E-state index contributed by atoms with van der Waals surface area (Å²) in [6.45, 7) is 8.32. The fourth-order valence-electron chi connectivity index (χ4n) is 1.37. The van der Waals surface area contributed by atoms with Gasteiger partial charge in [0.25, 0.3) is 0 Å². The van der Waals surface area contributed by atoms with Gasteiger partial charge in [-0.05, 0) is 45.1 Å². The van der Waals surface area contributed by atoms with Crippen LogP contribution in [0.15, 0.2) is 24.3 Å². The molecule has 0 fully saturated rings. The molecule has 0 amide bonds. The maximum absolute atomic E-state index is 5.59. The number of rotatable bonds is 5. The van der Waals surface area contributed by atoms with Crippen LogP contribution in [0.25, 0.3) is 0 Å². The van der Waals surface area contributed by atoms with Crippen molar-refractivity contribution >= 4 is 0 Å². The van der Waals surface area contributed by atoms with Crippen LogP contribution in [-0.2, 0) is 6.54 Å². The molecular formula is C13H21NO. The van der Waals surface area contributed by atoms with E-state index in [1.54, 1.807) is 0 Å². The van der Waals surface area contributed by atoms with Crippen molar-refractivity contribution in [1.82, 2.24) is 4.90 Å². The lowest BCUT2D eigenvalue weighted by atomic mass is 10.2. The molecule has 0 aliphatic rings. The van der Waals surface area contributed by atoms with E-state index < -0.39 is 0 Å². The maximum Gasteiger partial charge on any atom is 0.119 e. The number of benzene rings is 1. The van der Waals surface area contributed by atoms with E-state index in [2.05, 4.69) is 31.0 Å². The summed E-state index contributed by atoms with van der Waals surface area (Å²) in [5.41, 5.74) is 1.33. The summed E-state index contributed by atoms with van der Waals surface area (Å²) in [6, 6.07) is 8.34. The van der Waals surface area contributed by atoms with Crippen LogP contribution in [0, 0.1) is 0 Å². The standard InChI is InChI=1S/C13H21NO/c1-5-14(4)10-12-6-8-13(9-7-12)15-11(2)3/h6-9,11H,5,10H2,1-4H3. The Hall–Kier alpha value is -1.02. The van der Waals surface area contributed by atoms with Crippen LogP contribution in [0.1, 0.15) is 26.3 Å². The van der Waals surface area contributed by atoms with E-state index in [0.29, 0.717) is 0 Å². The zero-order valence-corrected chi connectivity index (χ0v) is 10.2. The van der Waals surface area contributed by atoms with Crippen LogP contribution < -0.4 is 4.74 Å². The lowest BCUT2D eigenvalue weighted by Crippen LogP contribution is -2.16. The third-order valence-corrected chi connectivity index (χ3v) is 2.29. The smallest absolute Gasteiger partial charge is 0.119 e. The molecule has 0 spiro atoms. The van der Waals surface area contributed by atoms with Crippen molar-refractivity contribution in [3.05, 3.63) is 29.8 Å². The molecule has 15 heavy (non-hydrogen) atoms. The highest BCUT2D eigenvalue weighted by molar-refractivity contribution is 5.27. The predicted molar refractivity (Wildman–Crippen MR) is 64.2 cm³/mol. The van der Waals surface area contributed by atoms with Gasteiger partial charge in [0.15, 0.2) is 0 Å². The Morgan fingerprint density at radius 2 is 1.80 bits per heavy atom. The molecule has 0 unspecified atom stereocenters. The van der Waals surface area contributed by atoms with Crippen molar-refractivity contribution in [2.75, 3.05) is 13.6 Å². The molecule has 0 saturated heterocycles. The summed E-state index contributed by atoms with van der Waals surface area (Å²) in [5.74, 6) is 0.952. The largest absolute Gasteiger partial charge is 0.491 e. The van der Waals surface area contributed by atoms with Gasteiger partial charge in [-0.15, -0.1) is 0 Å². The van der Waals surface area contributed by atoms with E-state index in [-0.39, 0.29) is 6.10 Å². The molecule has 0 heterocycles. The van der Waals surface area contributed by atoms with Gasteiger partial charge in [0.1, 0.15) is 5.75 Å². The van der Waals surface area contributed by atoms with Crippen LogP contribution in [-0.4, -0.2) is 24.6 Å². The van der Waals surface area contributed by atoms with Gasteiger partial charge < -0.3 is 9.64 Å². The van der Waals surface area contributed by atoms with Crippen molar-refractivity contribution in [3.63, 3.8) is 0 Å². The molecule has 2 nitrogen and oxygen atoms in total. The Labute approximate surface area is 92.9 Å². The number of hydrogen-bond donors (Lipinski definition) is 0. The minimum absolute atomic E-state index is 0.245. The average molecular weight is 207 g/mol. The third kappa shape index (κ3) is 4.34. The second-order valence-corrected chi connectivity index (χ2v) is 4.14. The van der Waals surface area contributed by atoms with Gasteiger partial charge in [0, 0.05) is 6.54 Å². The van der Waals surface area contributed by atoms with E-state index in [9.17, 15) is 0 Å². The Balaban J connectivity index is 2.56. The fraction of sp³-hybridized carbons (Fsp3) is 0.538. The van der Waals surface area contributed by atoms with E-state index >= 15 is 0 Å². The Morgan fingerprint density at radius 3 is 2.27 bits per heavy atom. The summed E-state index contributed by atoms with van der Waals surface area (Å²) in [6.07, 6.45) is 0.245. The Morgan fingerprint density at radius 1 is 1.20 bits per heavy atom. The highest BCUT2D eigenvalue weighted by Crippen LogP contribution is 2.14. The summed E-state index contributed by atoms with van der Waals surface area (Å²) in [5, 5.41) is 0. The number of hydrogen-bond acceptors (Lipinski definition) is 2. The molecule has 0 radical (unpaired) electrons. The topological polar surface area (TPSA) is 12.5 Å². The number of ether oxygens (including phenoxy) is 1. The van der Waals surface area contributed by atoms with E-state index in [1.807, 2.05) is 26.0 Å². The van der Waals surface area contributed by atoms with Crippen molar-refractivity contribution in [2.24, 2.45) is 0 Å². The van der Waals surface area contributed by atoms with Crippen molar-refractivity contribution in [2.45, 2.75) is 33.4 Å². The van der Waals surface area contributed by atoms with Crippen LogP contribution >= 0.6 is 0 Å². The fourth-order valence-corrected chi connectivity index (χ4v) is 1.37. The molecular weight excluding hydrogens is 186 g/mol. The number of nitrogens with zero attached hydrogens (tertiary/aromatic N) is 1. The maximum atomic E-state index is 5.59. The Bertz CT molecular complexity index is 279. The van der Waals surface area contributed by atoms with E-state index in [4.69, 9.17) is 4.74 Å². The molecule has 0 aliphatic carbocycles. The van der Waals surface area contributed by atoms with Gasteiger partial charge in [0.05, 0.1) is 6.10 Å². The van der Waals surface area contributed by atoms with Crippen LogP contribution in [0.3, 0.4) is 0 Å². The zero-order chi connectivity index (χ0) is 11.3. The van der Waals surface area contributed by atoms with Gasteiger partial charge >= 0.3 is 0 Å². The summed E-state index contributed by atoms with van der Waals surface area (Å²) in [4.78, 5) is 2.28. The van der Waals surface area contributed by atoms with Crippen molar-refractivity contribution in [3.8, 4) is 5.75 Å². The van der Waals surface area contributed by atoms with Gasteiger partial charge in [-0.25, -0.2) is 0 Å². The molecule has 1 aromatic carbocycles. The molecule has 0 aliphatic heterocycles. The molecule has 0 aromatic heterocycles. The van der Waals surface area contributed by atoms with Crippen LogP contribution in [0.4, 0.5) is 0 Å². The molecule has 84 valence electrons. The van der Waals surface area contributed by atoms with Gasteiger partial charge in [-0.1, -0.05) is 19.1 Å². The molecule has 1 rings (SSSR count). The summed E-state index contributed by atoms with van der Waals surface area (Å²) in [7, 11) is 2.12. The second kappa shape index (κ2) is 5.76. The molecule has 1 aromatic rings. The van der Waals surface area contributed by atoms with Crippen molar-refractivity contribution < 1.29 is 4.74 Å². The first-order valence-electron chi connectivity index (χ1n) is 5.56. The molecule has 0 N–H and O–H groups in total. The average Bonchev–Trinajstić information content (AvgIpc) is 2.20. The first-order valence-corrected chi connectivity index (χ1v) is 5.56. The van der Waals surface area contributed by atoms with Gasteiger partial charge in [0.2, 0.25) is 0 Å². The second-order valence-electron chi connectivity index (χ2n) is 4.14. The molecule has 2 heteroatoms. The summed E-state index contributed by atoms with van der Waals surface area (Å²) >= 11 is 0. The monoisotopic (exact) mass is 207 g/mol. The summed E-state index contributed by atoms with van der Waals surface area (Å²) < 4.78 is 5.59. The van der Waals surface area contributed by atoms with Crippen LogP contribution in [0.5, 0.6) is 5.75 Å². The lowest BCUT2D eigenvalue weighted by Gasteiger charge is -2.14. The first-order chi connectivity index (χ1) is 7.11. The lowest BCUT2D eigenvalue weighted by molar-refractivity contribution is 0.242. The Kier molecular flexibility index (Phi) is 4.63. The van der Waals surface area contributed by atoms with Crippen LogP contribution in [0.2, 0.25) is 0 Å². The predicted octanol–water partition coefficient (Wildman–Crippen LogP) is 2.93. The highest BCUT2D eigenvalue weighted by atomic mass is 16.5. The SMILES string of the molecule is CCN(C)Cc1ccc(OC(C)C)cc1. The molecule has 0 saturated carbocycles. The highest BCUT2D eigenvalue weighted by Gasteiger charge is 2.00. The first kappa shape index (κ1) is 12.1.